The van der Waals surface area contributed by atoms with Crippen LogP contribution >= 0.6 is 11.3 Å². The average Bonchev–Trinajstić information content (AvgIpc) is 3.20. The lowest BCUT2D eigenvalue weighted by molar-refractivity contribution is -0.117. The topological polar surface area (TPSA) is 42.0 Å². The summed E-state index contributed by atoms with van der Waals surface area (Å²) in [6, 6.07) is 18.2. The molecule has 138 valence electrons. The van der Waals surface area contributed by atoms with Gasteiger partial charge in [0.15, 0.2) is 0 Å². The first-order valence-electron chi connectivity index (χ1n) is 9.69. The second-order valence-electron chi connectivity index (χ2n) is 7.24. The van der Waals surface area contributed by atoms with E-state index >= 15 is 0 Å². The lowest BCUT2D eigenvalue weighted by atomic mass is 9.87. The van der Waals surface area contributed by atoms with Crippen molar-refractivity contribution in [1.29, 1.82) is 0 Å². The quantitative estimate of drug-likeness (QED) is 0.561. The van der Waals surface area contributed by atoms with Gasteiger partial charge in [-0.1, -0.05) is 61.7 Å². The van der Waals surface area contributed by atoms with Crippen LogP contribution in [0, 0.1) is 5.92 Å². The van der Waals surface area contributed by atoms with Crippen LogP contribution in [0.25, 0.3) is 21.8 Å². The number of benzene rings is 2. The van der Waals surface area contributed by atoms with Gasteiger partial charge in [-0.2, -0.15) is 0 Å². The third-order valence-electron chi connectivity index (χ3n) is 5.17. The van der Waals surface area contributed by atoms with E-state index in [0.717, 1.165) is 27.5 Å². The van der Waals surface area contributed by atoms with E-state index in [4.69, 9.17) is 4.98 Å². The summed E-state index contributed by atoms with van der Waals surface area (Å²) in [5.41, 5.74) is 3.96. The number of hydrogen-bond donors (Lipinski definition) is 1. The fraction of sp³-hybridized carbons (Fsp3) is 0.304. The Morgan fingerprint density at radius 1 is 1.00 bits per heavy atom. The molecule has 4 rings (SSSR count). The Bertz CT molecular complexity index is 898. The van der Waals surface area contributed by atoms with Gasteiger partial charge in [-0.3, -0.25) is 4.79 Å². The second kappa shape index (κ2) is 8.49. The Hall–Kier alpha value is -2.46. The first kappa shape index (κ1) is 17.9. The molecule has 0 spiro atoms. The Morgan fingerprint density at radius 3 is 2.59 bits per heavy atom. The van der Waals surface area contributed by atoms with Crippen LogP contribution in [0.1, 0.15) is 38.5 Å². The van der Waals surface area contributed by atoms with E-state index in [-0.39, 0.29) is 5.91 Å². The minimum atomic E-state index is 0.127. The summed E-state index contributed by atoms with van der Waals surface area (Å²) < 4.78 is 0. The highest BCUT2D eigenvalue weighted by atomic mass is 32.1. The van der Waals surface area contributed by atoms with Crippen LogP contribution in [0.15, 0.2) is 60.0 Å². The van der Waals surface area contributed by atoms with Crippen LogP contribution in [0.3, 0.4) is 0 Å². The molecule has 3 aromatic rings. The highest BCUT2D eigenvalue weighted by molar-refractivity contribution is 7.13. The molecule has 1 fully saturated rings. The van der Waals surface area contributed by atoms with Gasteiger partial charge < -0.3 is 5.32 Å². The second-order valence-corrected chi connectivity index (χ2v) is 8.10. The molecule has 1 amide bonds. The van der Waals surface area contributed by atoms with E-state index in [9.17, 15) is 4.79 Å². The van der Waals surface area contributed by atoms with Crippen LogP contribution < -0.4 is 5.32 Å². The fourth-order valence-electron chi connectivity index (χ4n) is 3.74. The molecule has 4 heteroatoms. The van der Waals surface area contributed by atoms with Gasteiger partial charge in [0.05, 0.1) is 5.69 Å². The van der Waals surface area contributed by atoms with Gasteiger partial charge in [-0.15, -0.1) is 11.3 Å². The SMILES string of the molecule is O=C(CC1CCCCC1)Nc1cccc(-c2csc(-c3ccccc3)n2)c1. The van der Waals surface area contributed by atoms with Crippen molar-refractivity contribution in [2.45, 2.75) is 38.5 Å². The summed E-state index contributed by atoms with van der Waals surface area (Å²) >= 11 is 1.64. The first-order chi connectivity index (χ1) is 13.3. The van der Waals surface area contributed by atoms with Crippen LogP contribution in [-0.2, 0) is 4.79 Å². The van der Waals surface area contributed by atoms with Crippen molar-refractivity contribution in [3.05, 3.63) is 60.0 Å². The van der Waals surface area contributed by atoms with Gasteiger partial charge >= 0.3 is 0 Å². The number of hydrogen-bond acceptors (Lipinski definition) is 3. The normalized spacial score (nSPS) is 14.8. The predicted octanol–water partition coefficient (Wildman–Crippen LogP) is 6.39. The lowest BCUT2D eigenvalue weighted by Gasteiger charge is -2.20. The highest BCUT2D eigenvalue weighted by Gasteiger charge is 2.17. The molecule has 0 aliphatic heterocycles. The smallest absolute Gasteiger partial charge is 0.224 e. The molecule has 1 aliphatic rings. The molecule has 1 saturated carbocycles. The third-order valence-corrected chi connectivity index (χ3v) is 6.06. The van der Waals surface area contributed by atoms with Crippen LogP contribution in [-0.4, -0.2) is 10.9 Å². The standard InChI is InChI=1S/C23H24N2OS/c26-22(14-17-8-3-1-4-9-17)24-20-13-7-12-19(15-20)21-16-27-23(25-21)18-10-5-2-6-11-18/h2,5-7,10-13,15-17H,1,3-4,8-9,14H2,(H,24,26). The number of thiazole rings is 1. The minimum Gasteiger partial charge on any atom is -0.326 e. The molecule has 1 aromatic heterocycles. The number of anilines is 1. The molecular weight excluding hydrogens is 352 g/mol. The maximum Gasteiger partial charge on any atom is 0.224 e. The van der Waals surface area contributed by atoms with Crippen molar-refractivity contribution in [3.8, 4) is 21.8 Å². The lowest BCUT2D eigenvalue weighted by Crippen LogP contribution is -2.18. The Balaban J connectivity index is 1.44. The van der Waals surface area contributed by atoms with Gasteiger partial charge in [0.2, 0.25) is 5.91 Å². The number of nitrogens with zero attached hydrogens (tertiary/aromatic N) is 1. The van der Waals surface area contributed by atoms with Crippen molar-refractivity contribution in [2.75, 3.05) is 5.32 Å². The number of aromatic nitrogens is 1. The van der Waals surface area contributed by atoms with Gasteiger partial charge in [-0.25, -0.2) is 4.98 Å². The minimum absolute atomic E-state index is 0.127. The molecule has 0 saturated heterocycles. The van der Waals surface area contributed by atoms with Crippen LogP contribution in [0.5, 0.6) is 0 Å². The zero-order valence-corrected chi connectivity index (χ0v) is 16.2. The number of amides is 1. The molecule has 27 heavy (non-hydrogen) atoms. The summed E-state index contributed by atoms with van der Waals surface area (Å²) in [4.78, 5) is 17.2. The molecule has 1 aliphatic carbocycles. The molecule has 1 heterocycles. The Kier molecular flexibility index (Phi) is 5.64. The van der Waals surface area contributed by atoms with E-state index in [0.29, 0.717) is 12.3 Å². The average molecular weight is 377 g/mol. The van der Waals surface area contributed by atoms with Crippen molar-refractivity contribution >= 4 is 22.9 Å². The van der Waals surface area contributed by atoms with Gasteiger partial charge in [0, 0.05) is 28.6 Å². The van der Waals surface area contributed by atoms with E-state index in [2.05, 4.69) is 22.8 Å². The molecule has 2 aromatic carbocycles. The van der Waals surface area contributed by atoms with Crippen LogP contribution in [0.2, 0.25) is 0 Å². The van der Waals surface area contributed by atoms with Gasteiger partial charge in [-0.05, 0) is 30.9 Å². The highest BCUT2D eigenvalue weighted by Crippen LogP contribution is 2.30. The van der Waals surface area contributed by atoms with Crippen molar-refractivity contribution < 1.29 is 4.79 Å². The van der Waals surface area contributed by atoms with Crippen molar-refractivity contribution in [2.24, 2.45) is 5.92 Å². The largest absolute Gasteiger partial charge is 0.326 e. The van der Waals surface area contributed by atoms with E-state index in [1.165, 1.54) is 32.1 Å². The molecule has 3 nitrogen and oxygen atoms in total. The van der Waals surface area contributed by atoms with Gasteiger partial charge in [0.25, 0.3) is 0 Å². The molecule has 0 bridgehead atoms. The van der Waals surface area contributed by atoms with E-state index < -0.39 is 0 Å². The number of carbonyl (C=O) groups is 1. The number of rotatable bonds is 5. The Morgan fingerprint density at radius 2 is 1.78 bits per heavy atom. The summed E-state index contributed by atoms with van der Waals surface area (Å²) in [7, 11) is 0. The molecular formula is C23H24N2OS. The number of carbonyl (C=O) groups excluding carboxylic acids is 1. The van der Waals surface area contributed by atoms with Crippen molar-refractivity contribution in [1.82, 2.24) is 4.98 Å². The summed E-state index contributed by atoms with van der Waals surface area (Å²) in [6.45, 7) is 0. The zero-order chi connectivity index (χ0) is 18.5. The Labute approximate surface area is 164 Å². The maximum atomic E-state index is 12.4. The van der Waals surface area contributed by atoms with Crippen LogP contribution in [0.4, 0.5) is 5.69 Å². The predicted molar refractivity (Wildman–Crippen MR) is 113 cm³/mol. The molecule has 0 atom stereocenters. The fourth-order valence-corrected chi connectivity index (χ4v) is 4.58. The summed E-state index contributed by atoms with van der Waals surface area (Å²) in [5, 5.41) is 6.16. The summed E-state index contributed by atoms with van der Waals surface area (Å²) in [5.74, 6) is 0.677. The first-order valence-corrected chi connectivity index (χ1v) is 10.6. The maximum absolute atomic E-state index is 12.4. The van der Waals surface area contributed by atoms with E-state index in [1.807, 2.05) is 42.5 Å². The molecule has 1 N–H and O–H groups in total. The summed E-state index contributed by atoms with van der Waals surface area (Å²) in [6.07, 6.45) is 6.86. The zero-order valence-electron chi connectivity index (χ0n) is 15.4. The van der Waals surface area contributed by atoms with E-state index in [1.54, 1.807) is 11.3 Å². The number of nitrogens with one attached hydrogen (secondary N) is 1. The van der Waals surface area contributed by atoms with Gasteiger partial charge in [0.1, 0.15) is 5.01 Å². The molecule has 0 radical (unpaired) electrons. The molecule has 0 unspecified atom stereocenters. The monoisotopic (exact) mass is 376 g/mol. The third kappa shape index (κ3) is 4.64. The van der Waals surface area contributed by atoms with Crippen molar-refractivity contribution in [3.63, 3.8) is 0 Å².